The average Bonchev–Trinajstić information content (AvgIpc) is 3.06. The normalized spacial score (nSPS) is 18.0. The minimum absolute atomic E-state index is 0.383. The number of oxazole rings is 1. The van der Waals surface area contributed by atoms with Crippen LogP contribution in [-0.2, 0) is 19.5 Å². The van der Waals surface area contributed by atoms with E-state index in [0.717, 1.165) is 48.0 Å². The van der Waals surface area contributed by atoms with E-state index in [0.29, 0.717) is 12.6 Å². The summed E-state index contributed by atoms with van der Waals surface area (Å²) < 4.78 is 7.73. The Balaban J connectivity index is 1.43. The third-order valence-electron chi connectivity index (χ3n) is 3.84. The lowest BCUT2D eigenvalue weighted by molar-refractivity contribution is 0.343. The number of aryl methyl sites for hydroxylation is 2. The Morgan fingerprint density at radius 2 is 2.24 bits per heavy atom. The van der Waals surface area contributed by atoms with Crippen molar-refractivity contribution in [3.05, 3.63) is 41.8 Å². The van der Waals surface area contributed by atoms with E-state index in [1.165, 1.54) is 0 Å². The van der Waals surface area contributed by atoms with Gasteiger partial charge in [-0.05, 0) is 25.5 Å². The monoisotopic (exact) mass is 283 g/mol. The number of nitrogens with one attached hydrogen (secondary N) is 1. The van der Waals surface area contributed by atoms with Gasteiger partial charge in [0.2, 0.25) is 5.89 Å². The Hall–Kier alpha value is -2.21. The van der Waals surface area contributed by atoms with Gasteiger partial charge in [-0.3, -0.25) is 0 Å². The van der Waals surface area contributed by atoms with Gasteiger partial charge in [0.05, 0.1) is 13.1 Å². The number of aromatic nitrogens is 4. The Morgan fingerprint density at radius 3 is 3.14 bits per heavy atom. The summed E-state index contributed by atoms with van der Waals surface area (Å²) in [6, 6.07) is 8.22. The fraction of sp³-hybridized carbons (Fsp3) is 0.400. The average molecular weight is 283 g/mol. The highest BCUT2D eigenvalue weighted by Gasteiger charge is 2.20. The van der Waals surface area contributed by atoms with Crippen molar-refractivity contribution in [3.63, 3.8) is 0 Å². The third kappa shape index (κ3) is 2.42. The summed E-state index contributed by atoms with van der Waals surface area (Å²) in [5.74, 6) is 2.67. The van der Waals surface area contributed by atoms with Gasteiger partial charge in [-0.2, -0.15) is 5.10 Å². The number of hydrogen-bond acceptors (Lipinski definition) is 5. The van der Waals surface area contributed by atoms with E-state index >= 15 is 0 Å². The Morgan fingerprint density at radius 1 is 1.33 bits per heavy atom. The van der Waals surface area contributed by atoms with Crippen molar-refractivity contribution in [2.24, 2.45) is 0 Å². The number of rotatable bonds is 3. The predicted molar refractivity (Wildman–Crippen MR) is 77.7 cm³/mol. The lowest BCUT2D eigenvalue weighted by Gasteiger charge is -2.22. The molecule has 1 aliphatic heterocycles. The van der Waals surface area contributed by atoms with Crippen LogP contribution in [0, 0.1) is 6.92 Å². The van der Waals surface area contributed by atoms with Crippen molar-refractivity contribution in [2.45, 2.75) is 38.9 Å². The van der Waals surface area contributed by atoms with Gasteiger partial charge < -0.3 is 9.73 Å². The molecule has 0 spiro atoms. The van der Waals surface area contributed by atoms with Gasteiger partial charge in [0.25, 0.3) is 0 Å². The van der Waals surface area contributed by atoms with Crippen LogP contribution in [0.3, 0.4) is 0 Å². The molecule has 21 heavy (non-hydrogen) atoms. The van der Waals surface area contributed by atoms with E-state index in [-0.39, 0.29) is 0 Å². The molecule has 3 aromatic rings. The van der Waals surface area contributed by atoms with Gasteiger partial charge >= 0.3 is 0 Å². The Kier molecular flexibility index (Phi) is 2.96. The molecule has 1 N–H and O–H groups in total. The summed E-state index contributed by atoms with van der Waals surface area (Å²) in [5.41, 5.74) is 1.75. The van der Waals surface area contributed by atoms with E-state index in [1.54, 1.807) is 0 Å². The molecule has 1 atom stereocenters. The maximum absolute atomic E-state index is 5.72. The minimum atomic E-state index is 0.383. The Labute approximate surface area is 122 Å². The molecule has 0 fully saturated rings. The molecule has 108 valence electrons. The zero-order chi connectivity index (χ0) is 14.2. The van der Waals surface area contributed by atoms with Crippen LogP contribution in [0.15, 0.2) is 28.7 Å². The molecule has 2 aromatic heterocycles. The molecule has 6 heteroatoms. The minimum Gasteiger partial charge on any atom is -0.439 e. The smallest absolute Gasteiger partial charge is 0.209 e. The van der Waals surface area contributed by atoms with Crippen molar-refractivity contribution in [3.8, 4) is 0 Å². The maximum atomic E-state index is 5.72. The molecule has 0 bridgehead atoms. The van der Waals surface area contributed by atoms with Crippen LogP contribution in [0.5, 0.6) is 0 Å². The quantitative estimate of drug-likeness (QED) is 0.794. The van der Waals surface area contributed by atoms with Gasteiger partial charge in [-0.25, -0.2) is 14.6 Å². The standard InChI is InChI=1S/C15H17N5O/c1-10-17-14-7-6-11(9-20(14)19-10)16-8-15-18-12-4-2-3-5-13(12)21-15/h2-5,11,16H,6-9H2,1H3/t11-/m0/s1. The van der Waals surface area contributed by atoms with E-state index in [2.05, 4.69) is 20.4 Å². The van der Waals surface area contributed by atoms with Gasteiger partial charge in [0.15, 0.2) is 5.58 Å². The van der Waals surface area contributed by atoms with Crippen LogP contribution in [0.2, 0.25) is 0 Å². The summed E-state index contributed by atoms with van der Waals surface area (Å²) in [7, 11) is 0. The zero-order valence-corrected chi connectivity index (χ0v) is 11.9. The van der Waals surface area contributed by atoms with Crippen LogP contribution < -0.4 is 5.32 Å². The second kappa shape index (κ2) is 4.96. The predicted octanol–water partition coefficient (Wildman–Crippen LogP) is 1.83. The summed E-state index contributed by atoms with van der Waals surface area (Å²) in [6.45, 7) is 3.44. The molecule has 0 saturated carbocycles. The van der Waals surface area contributed by atoms with Crippen molar-refractivity contribution >= 4 is 11.1 Å². The highest BCUT2D eigenvalue weighted by Crippen LogP contribution is 2.16. The lowest BCUT2D eigenvalue weighted by Crippen LogP contribution is -2.37. The maximum Gasteiger partial charge on any atom is 0.209 e. The van der Waals surface area contributed by atoms with E-state index in [4.69, 9.17) is 4.42 Å². The molecule has 0 aliphatic carbocycles. The van der Waals surface area contributed by atoms with Crippen molar-refractivity contribution in [1.82, 2.24) is 25.1 Å². The first kappa shape index (κ1) is 12.5. The molecule has 0 radical (unpaired) electrons. The second-order valence-electron chi connectivity index (χ2n) is 5.45. The fourth-order valence-electron chi connectivity index (χ4n) is 2.83. The van der Waals surface area contributed by atoms with Gasteiger partial charge in [0, 0.05) is 12.5 Å². The van der Waals surface area contributed by atoms with E-state index in [1.807, 2.05) is 35.9 Å². The largest absolute Gasteiger partial charge is 0.439 e. The SMILES string of the molecule is Cc1nc2n(n1)C[C@@H](NCc1nc3ccccc3o1)CC2. The first-order chi connectivity index (χ1) is 10.3. The van der Waals surface area contributed by atoms with Gasteiger partial charge in [0.1, 0.15) is 17.2 Å². The van der Waals surface area contributed by atoms with E-state index in [9.17, 15) is 0 Å². The molecular formula is C15H17N5O. The molecule has 6 nitrogen and oxygen atoms in total. The summed E-state index contributed by atoms with van der Waals surface area (Å²) in [4.78, 5) is 8.91. The number of hydrogen-bond donors (Lipinski definition) is 1. The molecular weight excluding hydrogens is 266 g/mol. The molecule has 4 rings (SSSR count). The fourth-order valence-corrected chi connectivity index (χ4v) is 2.83. The van der Waals surface area contributed by atoms with Crippen LogP contribution >= 0.6 is 0 Å². The van der Waals surface area contributed by atoms with Crippen LogP contribution in [0.4, 0.5) is 0 Å². The first-order valence-electron chi connectivity index (χ1n) is 7.26. The topological polar surface area (TPSA) is 68.8 Å². The third-order valence-corrected chi connectivity index (χ3v) is 3.84. The number of nitrogens with zero attached hydrogens (tertiary/aromatic N) is 4. The van der Waals surface area contributed by atoms with Crippen molar-refractivity contribution < 1.29 is 4.42 Å². The molecule has 0 unspecified atom stereocenters. The van der Waals surface area contributed by atoms with Crippen molar-refractivity contribution in [2.75, 3.05) is 0 Å². The molecule has 1 aromatic carbocycles. The molecule has 0 amide bonds. The highest BCUT2D eigenvalue weighted by atomic mass is 16.3. The van der Waals surface area contributed by atoms with E-state index < -0.39 is 0 Å². The van der Waals surface area contributed by atoms with Gasteiger partial charge in [-0.1, -0.05) is 12.1 Å². The highest BCUT2D eigenvalue weighted by molar-refractivity contribution is 5.72. The summed E-state index contributed by atoms with van der Waals surface area (Å²) in [5, 5.41) is 7.92. The summed E-state index contributed by atoms with van der Waals surface area (Å²) >= 11 is 0. The number of para-hydroxylation sites is 2. The van der Waals surface area contributed by atoms with Crippen LogP contribution in [-0.4, -0.2) is 25.8 Å². The lowest BCUT2D eigenvalue weighted by atomic mass is 10.1. The van der Waals surface area contributed by atoms with Gasteiger partial charge in [-0.15, -0.1) is 0 Å². The van der Waals surface area contributed by atoms with Crippen LogP contribution in [0.25, 0.3) is 11.1 Å². The first-order valence-corrected chi connectivity index (χ1v) is 7.26. The second-order valence-corrected chi connectivity index (χ2v) is 5.45. The van der Waals surface area contributed by atoms with Crippen molar-refractivity contribution in [1.29, 1.82) is 0 Å². The molecule has 1 aliphatic rings. The zero-order valence-electron chi connectivity index (χ0n) is 11.9. The number of benzene rings is 1. The Bertz CT molecular complexity index is 742. The number of fused-ring (bicyclic) bond motifs is 2. The summed E-state index contributed by atoms with van der Waals surface area (Å²) in [6.07, 6.45) is 2.03. The molecule has 0 saturated heterocycles. The molecule has 3 heterocycles. The van der Waals surface area contributed by atoms with Crippen LogP contribution in [0.1, 0.15) is 24.0 Å².